The van der Waals surface area contributed by atoms with E-state index in [1.165, 1.54) is 10.9 Å². The summed E-state index contributed by atoms with van der Waals surface area (Å²) in [5.74, 6) is -1.20. The normalized spacial score (nSPS) is 14.8. The minimum atomic E-state index is -1.11. The molecule has 1 amide bonds. The number of rotatable bonds is 3. The van der Waals surface area contributed by atoms with Crippen LogP contribution in [0.25, 0.3) is 0 Å². The Labute approximate surface area is 120 Å². The molecule has 0 unspecified atom stereocenters. The van der Waals surface area contributed by atoms with Crippen LogP contribution >= 0.6 is 0 Å². The number of pyridine rings is 1. The van der Waals surface area contributed by atoms with E-state index in [-0.39, 0.29) is 17.6 Å². The van der Waals surface area contributed by atoms with E-state index in [4.69, 9.17) is 5.11 Å². The van der Waals surface area contributed by atoms with Gasteiger partial charge in [-0.15, -0.1) is 5.10 Å². The first kappa shape index (κ1) is 13.2. The lowest BCUT2D eigenvalue weighted by Crippen LogP contribution is -2.50. The molecule has 1 N–H and O–H groups in total. The Morgan fingerprint density at radius 2 is 2.10 bits per heavy atom. The molecule has 0 atom stereocenters. The van der Waals surface area contributed by atoms with E-state index in [1.807, 2.05) is 6.92 Å². The van der Waals surface area contributed by atoms with Gasteiger partial charge >= 0.3 is 5.97 Å². The number of carboxylic acids is 1. The van der Waals surface area contributed by atoms with Gasteiger partial charge in [0.15, 0.2) is 5.69 Å². The summed E-state index contributed by atoms with van der Waals surface area (Å²) in [6.45, 7) is 2.82. The molecule has 2 aromatic rings. The van der Waals surface area contributed by atoms with Gasteiger partial charge in [-0.2, -0.15) is 0 Å². The molecule has 3 heterocycles. The summed E-state index contributed by atoms with van der Waals surface area (Å²) < 4.78 is 1.49. The molecule has 2 aromatic heterocycles. The maximum atomic E-state index is 12.2. The number of hydrogen-bond donors (Lipinski definition) is 1. The maximum absolute atomic E-state index is 12.2. The van der Waals surface area contributed by atoms with E-state index in [1.54, 1.807) is 23.2 Å². The van der Waals surface area contributed by atoms with Gasteiger partial charge in [0.2, 0.25) is 0 Å². The minimum absolute atomic E-state index is 0.0343. The second-order valence-electron chi connectivity index (χ2n) is 4.94. The van der Waals surface area contributed by atoms with E-state index in [0.717, 1.165) is 5.69 Å². The van der Waals surface area contributed by atoms with Crippen molar-refractivity contribution in [2.24, 2.45) is 0 Å². The van der Waals surface area contributed by atoms with E-state index < -0.39 is 5.97 Å². The van der Waals surface area contributed by atoms with Crippen LogP contribution in [0, 0.1) is 6.92 Å². The number of likely N-dealkylation sites (tertiary alicyclic amines) is 1. The zero-order chi connectivity index (χ0) is 15.0. The Morgan fingerprint density at radius 3 is 2.67 bits per heavy atom. The van der Waals surface area contributed by atoms with Crippen molar-refractivity contribution in [3.63, 3.8) is 0 Å². The molecule has 8 nitrogen and oxygen atoms in total. The smallest absolute Gasteiger partial charge is 0.358 e. The predicted molar refractivity (Wildman–Crippen MR) is 70.9 cm³/mol. The number of carbonyl (C=O) groups is 2. The van der Waals surface area contributed by atoms with Crippen LogP contribution in [0.15, 0.2) is 24.5 Å². The van der Waals surface area contributed by atoms with Crippen molar-refractivity contribution in [3.8, 4) is 0 Å². The molecule has 0 radical (unpaired) electrons. The van der Waals surface area contributed by atoms with Gasteiger partial charge in [0.1, 0.15) is 0 Å². The van der Waals surface area contributed by atoms with Crippen molar-refractivity contribution in [1.82, 2.24) is 24.9 Å². The Bertz CT molecular complexity index is 688. The highest BCUT2D eigenvalue weighted by molar-refractivity contribution is 5.94. The van der Waals surface area contributed by atoms with Crippen molar-refractivity contribution in [3.05, 3.63) is 41.5 Å². The molecule has 108 valence electrons. The second-order valence-corrected chi connectivity index (χ2v) is 4.94. The SMILES string of the molecule is Cc1ccc(C(=O)N2CC(n3cc(C(=O)O)nn3)C2)cn1. The zero-order valence-corrected chi connectivity index (χ0v) is 11.3. The summed E-state index contributed by atoms with van der Waals surface area (Å²) in [5.41, 5.74) is 1.31. The third-order valence-corrected chi connectivity index (χ3v) is 3.41. The Balaban J connectivity index is 1.63. The summed E-state index contributed by atoms with van der Waals surface area (Å²) in [5, 5.41) is 16.1. The number of aromatic carboxylic acids is 1. The lowest BCUT2D eigenvalue weighted by molar-refractivity contribution is 0.0497. The van der Waals surface area contributed by atoms with Crippen LogP contribution in [0.4, 0.5) is 0 Å². The van der Waals surface area contributed by atoms with Crippen LogP contribution in [-0.4, -0.2) is 55.0 Å². The van der Waals surface area contributed by atoms with Gasteiger partial charge in [-0.3, -0.25) is 9.78 Å². The molecule has 1 aliphatic rings. The van der Waals surface area contributed by atoms with Crippen molar-refractivity contribution in [2.45, 2.75) is 13.0 Å². The zero-order valence-electron chi connectivity index (χ0n) is 11.3. The molecule has 8 heteroatoms. The van der Waals surface area contributed by atoms with E-state index in [2.05, 4.69) is 15.3 Å². The highest BCUT2D eigenvalue weighted by atomic mass is 16.4. The molecule has 0 bridgehead atoms. The van der Waals surface area contributed by atoms with Crippen molar-refractivity contribution in [1.29, 1.82) is 0 Å². The first-order chi connectivity index (χ1) is 10.0. The van der Waals surface area contributed by atoms with E-state index in [9.17, 15) is 9.59 Å². The van der Waals surface area contributed by atoms with Crippen LogP contribution in [0.2, 0.25) is 0 Å². The third kappa shape index (κ3) is 2.47. The summed E-state index contributed by atoms with van der Waals surface area (Å²) in [6.07, 6.45) is 2.94. The number of carboxylic acid groups (broad SMARTS) is 1. The standard InChI is InChI=1S/C13H13N5O3/c1-8-2-3-9(4-14-8)12(19)17-5-10(6-17)18-7-11(13(20)21)15-16-18/h2-4,7,10H,5-6H2,1H3,(H,20,21). The maximum Gasteiger partial charge on any atom is 0.358 e. The molecule has 0 saturated carbocycles. The van der Waals surface area contributed by atoms with Crippen molar-refractivity contribution >= 4 is 11.9 Å². The average Bonchev–Trinajstić information content (AvgIpc) is 2.87. The van der Waals surface area contributed by atoms with Gasteiger partial charge in [0, 0.05) is 25.0 Å². The number of amides is 1. The summed E-state index contributed by atoms with van der Waals surface area (Å²) in [7, 11) is 0. The number of hydrogen-bond acceptors (Lipinski definition) is 5. The van der Waals surface area contributed by atoms with Crippen molar-refractivity contribution in [2.75, 3.05) is 13.1 Å². The second kappa shape index (κ2) is 4.97. The number of nitrogens with zero attached hydrogens (tertiary/aromatic N) is 5. The van der Waals surface area contributed by atoms with Gasteiger partial charge in [-0.1, -0.05) is 5.21 Å². The summed E-state index contributed by atoms with van der Waals surface area (Å²) in [4.78, 5) is 28.7. The average molecular weight is 287 g/mol. The van der Waals surface area contributed by atoms with Gasteiger partial charge in [-0.25, -0.2) is 9.48 Å². The lowest BCUT2D eigenvalue weighted by Gasteiger charge is -2.38. The molecule has 1 fully saturated rings. The van der Waals surface area contributed by atoms with Gasteiger partial charge in [0.05, 0.1) is 17.8 Å². The Kier molecular flexibility index (Phi) is 3.13. The predicted octanol–water partition coefficient (Wildman–Crippen LogP) is 0.377. The molecular formula is C13H13N5O3. The fourth-order valence-electron chi connectivity index (χ4n) is 2.12. The molecule has 0 aliphatic carbocycles. The summed E-state index contributed by atoms with van der Waals surface area (Å²) in [6, 6.07) is 3.50. The fraction of sp³-hybridized carbons (Fsp3) is 0.308. The van der Waals surface area contributed by atoms with Gasteiger partial charge in [0.25, 0.3) is 5.91 Å². The molecule has 3 rings (SSSR count). The highest BCUT2D eigenvalue weighted by Crippen LogP contribution is 2.22. The van der Waals surface area contributed by atoms with Crippen LogP contribution in [0.1, 0.15) is 32.6 Å². The topological polar surface area (TPSA) is 101 Å². The van der Waals surface area contributed by atoms with E-state index >= 15 is 0 Å². The van der Waals surface area contributed by atoms with Crippen LogP contribution in [-0.2, 0) is 0 Å². The quantitative estimate of drug-likeness (QED) is 0.875. The van der Waals surface area contributed by atoms with Crippen LogP contribution in [0.5, 0.6) is 0 Å². The van der Waals surface area contributed by atoms with Gasteiger partial charge in [-0.05, 0) is 19.1 Å². The van der Waals surface area contributed by atoms with Crippen LogP contribution < -0.4 is 0 Å². The first-order valence-electron chi connectivity index (χ1n) is 6.41. The lowest BCUT2D eigenvalue weighted by atomic mass is 10.1. The minimum Gasteiger partial charge on any atom is -0.476 e. The molecule has 1 saturated heterocycles. The molecule has 21 heavy (non-hydrogen) atoms. The third-order valence-electron chi connectivity index (χ3n) is 3.41. The Hall–Kier alpha value is -2.77. The number of aryl methyl sites for hydroxylation is 1. The van der Waals surface area contributed by atoms with E-state index in [0.29, 0.717) is 18.7 Å². The summed E-state index contributed by atoms with van der Waals surface area (Å²) >= 11 is 0. The molecule has 0 aromatic carbocycles. The fourth-order valence-corrected chi connectivity index (χ4v) is 2.12. The highest BCUT2D eigenvalue weighted by Gasteiger charge is 2.33. The van der Waals surface area contributed by atoms with Crippen molar-refractivity contribution < 1.29 is 14.7 Å². The monoisotopic (exact) mass is 287 g/mol. The van der Waals surface area contributed by atoms with Crippen LogP contribution in [0.3, 0.4) is 0 Å². The molecule has 0 spiro atoms. The van der Waals surface area contributed by atoms with Gasteiger partial charge < -0.3 is 10.0 Å². The Morgan fingerprint density at radius 1 is 1.33 bits per heavy atom. The largest absolute Gasteiger partial charge is 0.476 e. The number of aromatic nitrogens is 4. The first-order valence-corrected chi connectivity index (χ1v) is 6.41. The molecule has 1 aliphatic heterocycles. The number of carbonyl (C=O) groups excluding carboxylic acids is 1. The molecular weight excluding hydrogens is 274 g/mol.